The fourth-order valence-electron chi connectivity index (χ4n) is 2.67. The average Bonchev–Trinajstić information content (AvgIpc) is 2.54. The van der Waals surface area contributed by atoms with Crippen LogP contribution in [0.3, 0.4) is 0 Å². The molecule has 1 fully saturated rings. The molecule has 0 N–H and O–H groups in total. The van der Waals surface area contributed by atoms with Crippen LogP contribution in [0.1, 0.15) is 0 Å². The van der Waals surface area contributed by atoms with Gasteiger partial charge in [-0.25, -0.2) is 0 Å². The van der Waals surface area contributed by atoms with E-state index < -0.39 is 0 Å². The predicted octanol–water partition coefficient (Wildman–Crippen LogP) is 3.42. The van der Waals surface area contributed by atoms with E-state index in [0.717, 1.165) is 37.4 Å². The zero-order valence-electron chi connectivity index (χ0n) is 11.7. The summed E-state index contributed by atoms with van der Waals surface area (Å²) in [6, 6.07) is 20.2. The third-order valence-electron chi connectivity index (χ3n) is 3.79. The molecule has 21 heavy (non-hydrogen) atoms. The Morgan fingerprint density at radius 3 is 2.48 bits per heavy atom. The molecule has 0 atom stereocenters. The van der Waals surface area contributed by atoms with Gasteiger partial charge in [-0.05, 0) is 39.7 Å². The van der Waals surface area contributed by atoms with Gasteiger partial charge in [0.1, 0.15) is 0 Å². The zero-order valence-corrected chi connectivity index (χ0v) is 11.7. The van der Waals surface area contributed by atoms with Crippen molar-refractivity contribution >= 4 is 21.5 Å². The van der Waals surface area contributed by atoms with E-state index in [1.165, 1.54) is 16.2 Å². The van der Waals surface area contributed by atoms with Gasteiger partial charge in [0.05, 0.1) is 26.3 Å². The second kappa shape index (κ2) is 5.35. The molecule has 1 aliphatic rings. The number of benzene rings is 3. The average molecular weight is 278 g/mol. The summed E-state index contributed by atoms with van der Waals surface area (Å²) in [5, 5.41) is 6.68. The largest absolute Gasteiger partial charge is 0.405 e. The van der Waals surface area contributed by atoms with Crippen molar-refractivity contribution in [1.29, 1.82) is 0 Å². The van der Waals surface area contributed by atoms with E-state index in [2.05, 4.69) is 48.5 Å². The molecule has 4 rings (SSSR count). The zero-order chi connectivity index (χ0) is 14.1. The Balaban J connectivity index is 1.69. The molecule has 3 aromatic rings. The van der Waals surface area contributed by atoms with Crippen molar-refractivity contribution in [3.63, 3.8) is 0 Å². The first-order valence-corrected chi connectivity index (χ1v) is 7.24. The van der Waals surface area contributed by atoms with Crippen molar-refractivity contribution < 1.29 is 9.57 Å². The van der Waals surface area contributed by atoms with Crippen LogP contribution in [0.2, 0.25) is 0 Å². The Bertz CT molecular complexity index is 778. The quantitative estimate of drug-likeness (QED) is 0.670. The van der Waals surface area contributed by atoms with E-state index in [-0.39, 0.29) is 0 Å². The molecule has 1 heterocycles. The molecule has 3 heteroatoms. The highest BCUT2D eigenvalue weighted by atomic mass is 16.7. The van der Waals surface area contributed by atoms with Crippen molar-refractivity contribution in [3.05, 3.63) is 54.6 Å². The summed E-state index contributed by atoms with van der Waals surface area (Å²) < 4.78 is 5.32. The number of nitrogens with zero attached hydrogens (tertiary/aromatic N) is 1. The Kier molecular flexibility index (Phi) is 3.22. The second-order valence-corrected chi connectivity index (χ2v) is 5.24. The highest BCUT2D eigenvalue weighted by molar-refractivity contribution is 5.98. The van der Waals surface area contributed by atoms with Crippen LogP contribution in [0, 0.1) is 6.07 Å². The lowest BCUT2D eigenvalue weighted by Gasteiger charge is -2.26. The number of ether oxygens (including phenoxy) is 1. The van der Waals surface area contributed by atoms with Crippen LogP contribution in [0.5, 0.6) is 5.75 Å². The highest BCUT2D eigenvalue weighted by Crippen LogP contribution is 2.26. The molecule has 0 unspecified atom stereocenters. The van der Waals surface area contributed by atoms with Gasteiger partial charge in [-0.15, -0.1) is 5.06 Å². The first-order chi connectivity index (χ1) is 10.4. The fourth-order valence-corrected chi connectivity index (χ4v) is 2.67. The Labute approximate surface area is 123 Å². The molecule has 3 aromatic carbocycles. The third-order valence-corrected chi connectivity index (χ3v) is 3.79. The van der Waals surface area contributed by atoms with E-state index in [1.54, 1.807) is 0 Å². The van der Waals surface area contributed by atoms with Crippen LogP contribution in [-0.4, -0.2) is 31.4 Å². The lowest BCUT2D eigenvalue weighted by atomic mass is 10.0. The number of fused-ring (bicyclic) bond motifs is 2. The van der Waals surface area contributed by atoms with Crippen molar-refractivity contribution in [1.82, 2.24) is 5.06 Å². The minimum atomic E-state index is 0.720. The van der Waals surface area contributed by atoms with Crippen LogP contribution in [0.25, 0.3) is 21.5 Å². The van der Waals surface area contributed by atoms with Crippen LogP contribution in [-0.2, 0) is 4.74 Å². The number of hydroxylamine groups is 2. The molecule has 1 saturated heterocycles. The molecule has 0 bridgehead atoms. The smallest absolute Gasteiger partial charge is 0.156 e. The molecule has 1 radical (unpaired) electrons. The van der Waals surface area contributed by atoms with Gasteiger partial charge < -0.3 is 9.57 Å². The van der Waals surface area contributed by atoms with Gasteiger partial charge in [0.25, 0.3) is 0 Å². The molecule has 0 aliphatic carbocycles. The normalized spacial score (nSPS) is 16.4. The standard InChI is InChI=1S/C18H16NO2/c1-2-4-15-12-17-13-18(21-19-7-9-20-10-8-19)6-5-16(17)11-14(15)3-1/h1-6,11-12H,7-10H2. The number of rotatable bonds is 2. The van der Waals surface area contributed by atoms with Gasteiger partial charge in [0, 0.05) is 6.07 Å². The summed E-state index contributed by atoms with van der Waals surface area (Å²) in [5.74, 6) is 0.764. The first kappa shape index (κ1) is 12.6. The molecule has 105 valence electrons. The number of morpholine rings is 1. The van der Waals surface area contributed by atoms with E-state index in [0.29, 0.717) is 0 Å². The Morgan fingerprint density at radius 2 is 1.67 bits per heavy atom. The van der Waals surface area contributed by atoms with Gasteiger partial charge in [-0.1, -0.05) is 30.3 Å². The van der Waals surface area contributed by atoms with Crippen molar-refractivity contribution in [2.75, 3.05) is 26.3 Å². The summed E-state index contributed by atoms with van der Waals surface area (Å²) in [5.41, 5.74) is 0. The summed E-state index contributed by atoms with van der Waals surface area (Å²) in [6.07, 6.45) is 0. The maximum absolute atomic E-state index is 5.87. The Morgan fingerprint density at radius 1 is 0.905 bits per heavy atom. The topological polar surface area (TPSA) is 21.7 Å². The SMILES string of the molecule is [c]1c(ON2CCOCC2)ccc2cc3ccccc3cc12. The summed E-state index contributed by atoms with van der Waals surface area (Å²) in [6.45, 7) is 3.03. The van der Waals surface area contributed by atoms with E-state index in [9.17, 15) is 0 Å². The van der Waals surface area contributed by atoms with Gasteiger partial charge in [-0.2, -0.15) is 0 Å². The minimum Gasteiger partial charge on any atom is -0.405 e. The molecule has 1 aliphatic heterocycles. The van der Waals surface area contributed by atoms with Crippen LogP contribution in [0.15, 0.2) is 48.5 Å². The maximum Gasteiger partial charge on any atom is 0.156 e. The molecular weight excluding hydrogens is 262 g/mol. The van der Waals surface area contributed by atoms with Gasteiger partial charge in [0.2, 0.25) is 0 Å². The third kappa shape index (κ3) is 2.58. The van der Waals surface area contributed by atoms with Gasteiger partial charge in [-0.3, -0.25) is 0 Å². The number of hydrogen-bond acceptors (Lipinski definition) is 3. The fraction of sp³-hybridized carbons (Fsp3) is 0.222. The summed E-state index contributed by atoms with van der Waals surface area (Å²) in [4.78, 5) is 5.87. The highest BCUT2D eigenvalue weighted by Gasteiger charge is 2.12. The van der Waals surface area contributed by atoms with E-state index in [1.807, 2.05) is 11.1 Å². The lowest BCUT2D eigenvalue weighted by Crippen LogP contribution is -2.38. The van der Waals surface area contributed by atoms with Gasteiger partial charge in [0.15, 0.2) is 5.75 Å². The predicted molar refractivity (Wildman–Crippen MR) is 83.3 cm³/mol. The molecule has 0 spiro atoms. The van der Waals surface area contributed by atoms with Crippen LogP contribution in [0.4, 0.5) is 0 Å². The molecular formula is C18H16NO2. The molecule has 0 amide bonds. The Hall–Kier alpha value is -2.10. The van der Waals surface area contributed by atoms with Crippen molar-refractivity contribution in [2.24, 2.45) is 0 Å². The molecule has 0 saturated carbocycles. The number of hydrogen-bond donors (Lipinski definition) is 0. The monoisotopic (exact) mass is 278 g/mol. The van der Waals surface area contributed by atoms with Crippen molar-refractivity contribution in [3.8, 4) is 5.75 Å². The first-order valence-electron chi connectivity index (χ1n) is 7.24. The lowest BCUT2D eigenvalue weighted by molar-refractivity contribution is -0.118. The van der Waals surface area contributed by atoms with Crippen molar-refractivity contribution in [2.45, 2.75) is 0 Å². The molecule has 3 nitrogen and oxygen atoms in total. The minimum absolute atomic E-state index is 0.720. The van der Waals surface area contributed by atoms with E-state index >= 15 is 0 Å². The second-order valence-electron chi connectivity index (χ2n) is 5.24. The van der Waals surface area contributed by atoms with E-state index in [4.69, 9.17) is 9.57 Å². The van der Waals surface area contributed by atoms with Crippen LogP contribution >= 0.6 is 0 Å². The van der Waals surface area contributed by atoms with Gasteiger partial charge >= 0.3 is 0 Å². The maximum atomic E-state index is 5.87. The summed E-state index contributed by atoms with van der Waals surface area (Å²) in [7, 11) is 0. The summed E-state index contributed by atoms with van der Waals surface area (Å²) >= 11 is 0. The molecule has 0 aromatic heterocycles. The van der Waals surface area contributed by atoms with Crippen LogP contribution < -0.4 is 4.84 Å².